The van der Waals surface area contributed by atoms with Crippen molar-refractivity contribution in [2.75, 3.05) is 13.1 Å². The van der Waals surface area contributed by atoms with Crippen LogP contribution in [-0.2, 0) is 0 Å². The summed E-state index contributed by atoms with van der Waals surface area (Å²) in [7, 11) is 0. The smallest absolute Gasteiger partial charge is 0.0309 e. The van der Waals surface area contributed by atoms with E-state index in [1.54, 1.807) is 0 Å². The largest absolute Gasteiger partial charge is 0.329 e. The predicted molar refractivity (Wildman–Crippen MR) is 64.8 cm³/mol. The highest BCUT2D eigenvalue weighted by Crippen LogP contribution is 2.41. The fourth-order valence-electron chi connectivity index (χ4n) is 3.08. The zero-order chi connectivity index (χ0) is 10.9. The van der Waals surface area contributed by atoms with Crippen molar-refractivity contribution in [3.63, 3.8) is 0 Å². The third kappa shape index (κ3) is 2.94. The average Bonchev–Trinajstić information content (AvgIpc) is 2.97. The lowest BCUT2D eigenvalue weighted by atomic mass is 9.68. The van der Waals surface area contributed by atoms with E-state index in [9.17, 15) is 0 Å². The second-order valence-corrected chi connectivity index (χ2v) is 6.50. The molecule has 0 radical (unpaired) electrons. The first-order valence-electron chi connectivity index (χ1n) is 6.50. The molecule has 3 N–H and O–H groups in total. The van der Waals surface area contributed by atoms with E-state index in [4.69, 9.17) is 5.73 Å². The second kappa shape index (κ2) is 4.06. The Bertz CT molecular complexity index is 221. The molecule has 0 aromatic heterocycles. The van der Waals surface area contributed by atoms with Gasteiger partial charge in [-0.15, -0.1) is 0 Å². The maximum Gasteiger partial charge on any atom is 0.0309 e. The number of nitrogens with two attached hydrogens (primary N) is 1. The van der Waals surface area contributed by atoms with Crippen LogP contribution in [0.5, 0.6) is 0 Å². The minimum Gasteiger partial charge on any atom is -0.329 e. The quantitative estimate of drug-likeness (QED) is 0.747. The van der Waals surface area contributed by atoms with Crippen LogP contribution in [0.3, 0.4) is 0 Å². The van der Waals surface area contributed by atoms with E-state index in [0.717, 1.165) is 12.5 Å². The molecule has 2 fully saturated rings. The van der Waals surface area contributed by atoms with Gasteiger partial charge in [0, 0.05) is 12.1 Å². The van der Waals surface area contributed by atoms with Crippen molar-refractivity contribution in [2.45, 2.75) is 57.9 Å². The molecule has 0 heterocycles. The summed E-state index contributed by atoms with van der Waals surface area (Å²) in [5.74, 6) is 0.957. The fraction of sp³-hybridized carbons (Fsp3) is 1.00. The predicted octanol–water partition coefficient (Wildman–Crippen LogP) is 2.28. The molecule has 2 nitrogen and oxygen atoms in total. The molecule has 0 bridgehead atoms. The van der Waals surface area contributed by atoms with Crippen LogP contribution in [0.4, 0.5) is 0 Å². The number of nitrogens with one attached hydrogen (secondary N) is 1. The lowest BCUT2D eigenvalue weighted by Gasteiger charge is -2.45. The van der Waals surface area contributed by atoms with E-state index >= 15 is 0 Å². The third-order valence-corrected chi connectivity index (χ3v) is 4.18. The first-order chi connectivity index (χ1) is 7.05. The van der Waals surface area contributed by atoms with Crippen LogP contribution in [0.1, 0.15) is 52.4 Å². The topological polar surface area (TPSA) is 38.0 Å². The zero-order valence-electron chi connectivity index (χ0n) is 10.3. The monoisotopic (exact) mass is 210 g/mol. The SMILES string of the molecule is CC1(C)CCCC(CN)(NCC2CC2)C1. The van der Waals surface area contributed by atoms with Gasteiger partial charge >= 0.3 is 0 Å². The Morgan fingerprint density at radius 1 is 1.27 bits per heavy atom. The van der Waals surface area contributed by atoms with Crippen LogP contribution < -0.4 is 11.1 Å². The van der Waals surface area contributed by atoms with E-state index in [0.29, 0.717) is 5.41 Å². The lowest BCUT2D eigenvalue weighted by molar-refractivity contribution is 0.124. The molecule has 0 aromatic rings. The van der Waals surface area contributed by atoms with E-state index in [1.165, 1.54) is 45.1 Å². The summed E-state index contributed by atoms with van der Waals surface area (Å²) in [4.78, 5) is 0. The van der Waals surface area contributed by atoms with Crippen LogP contribution in [0.2, 0.25) is 0 Å². The summed E-state index contributed by atoms with van der Waals surface area (Å²) < 4.78 is 0. The van der Waals surface area contributed by atoms with Gasteiger partial charge in [-0.25, -0.2) is 0 Å². The van der Waals surface area contributed by atoms with Gasteiger partial charge in [0.25, 0.3) is 0 Å². The van der Waals surface area contributed by atoms with Crippen LogP contribution >= 0.6 is 0 Å². The van der Waals surface area contributed by atoms with Gasteiger partial charge in [0.05, 0.1) is 0 Å². The minimum absolute atomic E-state index is 0.254. The maximum atomic E-state index is 6.00. The summed E-state index contributed by atoms with van der Waals surface area (Å²) in [6.45, 7) is 6.78. The molecule has 1 unspecified atom stereocenters. The molecule has 0 saturated heterocycles. The van der Waals surface area contributed by atoms with Gasteiger partial charge in [0.1, 0.15) is 0 Å². The summed E-state index contributed by atoms with van der Waals surface area (Å²) in [6, 6.07) is 0. The Morgan fingerprint density at radius 3 is 2.53 bits per heavy atom. The second-order valence-electron chi connectivity index (χ2n) is 6.50. The molecule has 2 aliphatic rings. The summed E-state index contributed by atoms with van der Waals surface area (Å²) >= 11 is 0. The summed E-state index contributed by atoms with van der Waals surface area (Å²) in [5, 5.41) is 3.78. The van der Waals surface area contributed by atoms with Crippen molar-refractivity contribution >= 4 is 0 Å². The molecular formula is C13H26N2. The Morgan fingerprint density at radius 2 is 2.00 bits per heavy atom. The molecule has 2 heteroatoms. The van der Waals surface area contributed by atoms with Crippen molar-refractivity contribution in [3.05, 3.63) is 0 Å². The molecule has 0 amide bonds. The van der Waals surface area contributed by atoms with Crippen molar-refractivity contribution in [3.8, 4) is 0 Å². The van der Waals surface area contributed by atoms with Gasteiger partial charge in [-0.05, 0) is 50.0 Å². The Kier molecular flexibility index (Phi) is 3.09. The van der Waals surface area contributed by atoms with Crippen LogP contribution in [0.25, 0.3) is 0 Å². The van der Waals surface area contributed by atoms with Gasteiger partial charge in [0.15, 0.2) is 0 Å². The number of rotatable bonds is 4. The third-order valence-electron chi connectivity index (χ3n) is 4.18. The average molecular weight is 210 g/mol. The van der Waals surface area contributed by atoms with Crippen LogP contribution in [0.15, 0.2) is 0 Å². The highest BCUT2D eigenvalue weighted by atomic mass is 15.0. The maximum absolute atomic E-state index is 6.00. The zero-order valence-corrected chi connectivity index (χ0v) is 10.3. The van der Waals surface area contributed by atoms with Crippen molar-refractivity contribution < 1.29 is 0 Å². The van der Waals surface area contributed by atoms with E-state index in [1.807, 2.05) is 0 Å². The Hall–Kier alpha value is -0.0800. The molecular weight excluding hydrogens is 184 g/mol. The van der Waals surface area contributed by atoms with E-state index in [-0.39, 0.29) is 5.54 Å². The highest BCUT2D eigenvalue weighted by molar-refractivity contribution is 4.98. The molecule has 0 aliphatic heterocycles. The molecule has 2 aliphatic carbocycles. The van der Waals surface area contributed by atoms with Gasteiger partial charge in [-0.2, -0.15) is 0 Å². The number of hydrogen-bond donors (Lipinski definition) is 2. The highest BCUT2D eigenvalue weighted by Gasteiger charge is 2.39. The first-order valence-corrected chi connectivity index (χ1v) is 6.50. The number of hydrogen-bond acceptors (Lipinski definition) is 2. The van der Waals surface area contributed by atoms with Crippen molar-refractivity contribution in [2.24, 2.45) is 17.1 Å². The fourth-order valence-corrected chi connectivity index (χ4v) is 3.08. The molecule has 2 rings (SSSR count). The lowest BCUT2D eigenvalue weighted by Crippen LogP contribution is -2.56. The Balaban J connectivity index is 1.92. The molecule has 1 atom stereocenters. The minimum atomic E-state index is 0.254. The van der Waals surface area contributed by atoms with Gasteiger partial charge in [-0.3, -0.25) is 0 Å². The normalized spacial score (nSPS) is 35.4. The summed E-state index contributed by atoms with van der Waals surface area (Å²) in [5.41, 5.74) is 6.74. The summed E-state index contributed by atoms with van der Waals surface area (Å²) in [6.07, 6.45) is 8.08. The van der Waals surface area contributed by atoms with Gasteiger partial charge < -0.3 is 11.1 Å². The van der Waals surface area contributed by atoms with Crippen LogP contribution in [-0.4, -0.2) is 18.6 Å². The van der Waals surface area contributed by atoms with Gasteiger partial charge in [0.2, 0.25) is 0 Å². The van der Waals surface area contributed by atoms with Crippen molar-refractivity contribution in [1.29, 1.82) is 0 Å². The first kappa shape index (κ1) is 11.4. The van der Waals surface area contributed by atoms with E-state index in [2.05, 4.69) is 19.2 Å². The van der Waals surface area contributed by atoms with Crippen LogP contribution in [0, 0.1) is 11.3 Å². The molecule has 15 heavy (non-hydrogen) atoms. The van der Waals surface area contributed by atoms with Crippen molar-refractivity contribution in [1.82, 2.24) is 5.32 Å². The molecule has 88 valence electrons. The molecule has 0 spiro atoms. The Labute approximate surface area is 94.0 Å². The van der Waals surface area contributed by atoms with E-state index < -0.39 is 0 Å². The molecule has 0 aromatic carbocycles. The van der Waals surface area contributed by atoms with Gasteiger partial charge in [-0.1, -0.05) is 20.3 Å². The standard InChI is InChI=1S/C13H26N2/c1-12(2)6-3-7-13(9-12,10-14)15-8-11-4-5-11/h11,15H,3-10,14H2,1-2H3. The molecule has 2 saturated carbocycles.